The van der Waals surface area contributed by atoms with Gasteiger partial charge in [-0.3, -0.25) is 19.4 Å². The zero-order valence-electron chi connectivity index (χ0n) is 23.4. The number of nitrogens with zero attached hydrogens (tertiary/aromatic N) is 4. The maximum absolute atomic E-state index is 13.2. The number of fused-ring (bicyclic) bond motifs is 1. The molecule has 4 heterocycles. The first-order valence-electron chi connectivity index (χ1n) is 14.4. The summed E-state index contributed by atoms with van der Waals surface area (Å²) < 4.78 is 0. The Bertz CT molecular complexity index is 1170. The van der Waals surface area contributed by atoms with Gasteiger partial charge < -0.3 is 20.0 Å². The zero-order valence-corrected chi connectivity index (χ0v) is 23.4. The van der Waals surface area contributed by atoms with Gasteiger partial charge in [-0.05, 0) is 81.7 Å². The lowest BCUT2D eigenvalue weighted by atomic mass is 9.87. The van der Waals surface area contributed by atoms with E-state index in [4.69, 9.17) is 0 Å². The molecule has 1 aromatic heterocycles. The third-order valence-corrected chi connectivity index (χ3v) is 8.96. The van der Waals surface area contributed by atoms with E-state index in [9.17, 15) is 14.4 Å². The van der Waals surface area contributed by atoms with Gasteiger partial charge in [0.25, 0.3) is 5.91 Å². The number of nitrogens with one attached hydrogen (secondary N) is 1. The van der Waals surface area contributed by atoms with Crippen molar-refractivity contribution in [3.05, 3.63) is 59.4 Å². The number of aryl methyl sites for hydroxylation is 2. The van der Waals surface area contributed by atoms with Crippen LogP contribution < -0.4 is 5.32 Å². The zero-order chi connectivity index (χ0) is 27.5. The van der Waals surface area contributed by atoms with Crippen LogP contribution in [0.2, 0.25) is 0 Å². The number of amides is 3. The van der Waals surface area contributed by atoms with Gasteiger partial charge in [-0.25, -0.2) is 0 Å². The van der Waals surface area contributed by atoms with Crippen LogP contribution in [0.3, 0.4) is 0 Å². The number of likely N-dealkylation sites (tertiary alicyclic amines) is 3. The van der Waals surface area contributed by atoms with Crippen molar-refractivity contribution in [1.82, 2.24) is 19.7 Å². The molecule has 0 saturated carbocycles. The van der Waals surface area contributed by atoms with Crippen molar-refractivity contribution in [2.75, 3.05) is 44.6 Å². The molecule has 208 valence electrons. The van der Waals surface area contributed by atoms with E-state index in [1.807, 2.05) is 60.0 Å². The van der Waals surface area contributed by atoms with Gasteiger partial charge in [0, 0.05) is 63.5 Å². The van der Waals surface area contributed by atoms with Crippen LogP contribution in [0.15, 0.2) is 42.6 Å². The number of carbonyl (C=O) groups is 3. The molecular weight excluding hydrogens is 490 g/mol. The molecule has 0 aliphatic carbocycles. The standard InChI is InChI=1S/C31H41N5O3/c1-21-11-13-32-22(2)29(21)31(39)35-19-25-17-34(18-26(25)20-35)14-7-10-28-16-24(12-15-36(28)23(3)37)30(38)33-27-8-5-4-6-9-27/h4-6,8-9,11,13,24-26,28H,7,10,12,14-20H2,1-3H3,(H,33,38). The summed E-state index contributed by atoms with van der Waals surface area (Å²) in [6.45, 7) is 10.8. The summed E-state index contributed by atoms with van der Waals surface area (Å²) >= 11 is 0. The molecule has 8 nitrogen and oxygen atoms in total. The largest absolute Gasteiger partial charge is 0.340 e. The monoisotopic (exact) mass is 531 g/mol. The second-order valence-corrected chi connectivity index (χ2v) is 11.7. The quantitative estimate of drug-likeness (QED) is 0.588. The minimum atomic E-state index is -0.0763. The van der Waals surface area contributed by atoms with E-state index in [1.54, 1.807) is 13.1 Å². The molecule has 1 N–H and O–H groups in total. The lowest BCUT2D eigenvalue weighted by Crippen LogP contribution is -2.47. The van der Waals surface area contributed by atoms with Crippen LogP contribution in [0.1, 0.15) is 54.2 Å². The fraction of sp³-hybridized carbons (Fsp3) is 0.548. The van der Waals surface area contributed by atoms with Crippen LogP contribution in [0, 0.1) is 31.6 Å². The van der Waals surface area contributed by atoms with Crippen molar-refractivity contribution in [3.63, 3.8) is 0 Å². The molecule has 3 amide bonds. The van der Waals surface area contributed by atoms with Gasteiger partial charge in [0.2, 0.25) is 11.8 Å². The van der Waals surface area contributed by atoms with Gasteiger partial charge in [-0.2, -0.15) is 0 Å². The molecule has 1 aromatic carbocycles. The molecule has 0 spiro atoms. The average molecular weight is 532 g/mol. The van der Waals surface area contributed by atoms with Crippen molar-refractivity contribution in [2.45, 2.75) is 52.5 Å². The van der Waals surface area contributed by atoms with Crippen LogP contribution in [-0.2, 0) is 9.59 Å². The normalized spacial score (nSPS) is 25.0. The molecule has 8 heteroatoms. The highest BCUT2D eigenvalue weighted by Crippen LogP contribution is 2.33. The Labute approximate surface area is 231 Å². The summed E-state index contributed by atoms with van der Waals surface area (Å²) in [6, 6.07) is 11.6. The maximum Gasteiger partial charge on any atom is 0.255 e. The van der Waals surface area contributed by atoms with Crippen molar-refractivity contribution in [3.8, 4) is 0 Å². The van der Waals surface area contributed by atoms with Crippen LogP contribution in [0.5, 0.6) is 0 Å². The highest BCUT2D eigenvalue weighted by molar-refractivity contribution is 5.96. The fourth-order valence-corrected chi connectivity index (χ4v) is 6.91. The van der Waals surface area contributed by atoms with E-state index < -0.39 is 0 Å². The van der Waals surface area contributed by atoms with Gasteiger partial charge in [-0.1, -0.05) is 18.2 Å². The number of aromatic nitrogens is 1. The van der Waals surface area contributed by atoms with Gasteiger partial charge in [0.1, 0.15) is 0 Å². The third-order valence-electron chi connectivity index (χ3n) is 8.96. The summed E-state index contributed by atoms with van der Waals surface area (Å²) in [5.74, 6) is 1.22. The van der Waals surface area contributed by atoms with Gasteiger partial charge in [0.05, 0.1) is 11.3 Å². The summed E-state index contributed by atoms with van der Waals surface area (Å²) in [7, 11) is 0. The minimum absolute atomic E-state index is 0.0533. The summed E-state index contributed by atoms with van der Waals surface area (Å²) in [5.41, 5.74) is 3.38. The number of benzene rings is 1. The topological polar surface area (TPSA) is 85.9 Å². The summed E-state index contributed by atoms with van der Waals surface area (Å²) in [4.78, 5) is 49.3. The van der Waals surface area contributed by atoms with Crippen LogP contribution in [-0.4, -0.2) is 82.7 Å². The first-order valence-corrected chi connectivity index (χ1v) is 14.4. The molecule has 3 fully saturated rings. The second kappa shape index (κ2) is 11.9. The van der Waals surface area contributed by atoms with E-state index in [0.717, 1.165) is 68.1 Å². The van der Waals surface area contributed by atoms with Gasteiger partial charge >= 0.3 is 0 Å². The van der Waals surface area contributed by atoms with Crippen molar-refractivity contribution < 1.29 is 14.4 Å². The van der Waals surface area contributed by atoms with Crippen molar-refractivity contribution in [1.29, 1.82) is 0 Å². The number of rotatable bonds is 7. The number of carbonyl (C=O) groups excluding carboxylic acids is 3. The Morgan fingerprint density at radius 3 is 2.38 bits per heavy atom. The number of pyridine rings is 1. The summed E-state index contributed by atoms with van der Waals surface area (Å²) in [5, 5.41) is 3.05. The van der Waals surface area contributed by atoms with Gasteiger partial charge in [-0.15, -0.1) is 0 Å². The SMILES string of the molecule is CC(=O)N1CCC(C(=O)Nc2ccccc2)CC1CCCN1CC2CN(C(=O)c3c(C)ccnc3C)CC2C1. The lowest BCUT2D eigenvalue weighted by Gasteiger charge is -2.39. The molecule has 4 unspecified atom stereocenters. The van der Waals surface area contributed by atoms with E-state index in [0.29, 0.717) is 31.2 Å². The van der Waals surface area contributed by atoms with Crippen LogP contribution in [0.25, 0.3) is 0 Å². The lowest BCUT2D eigenvalue weighted by molar-refractivity contribution is -0.136. The average Bonchev–Trinajstić information content (AvgIpc) is 3.48. The molecule has 0 radical (unpaired) electrons. The molecular formula is C31H41N5O3. The van der Waals surface area contributed by atoms with Crippen LogP contribution in [0.4, 0.5) is 5.69 Å². The fourth-order valence-electron chi connectivity index (χ4n) is 6.91. The predicted molar refractivity (Wildman–Crippen MR) is 151 cm³/mol. The smallest absolute Gasteiger partial charge is 0.255 e. The number of anilines is 1. The van der Waals surface area contributed by atoms with Crippen molar-refractivity contribution in [2.24, 2.45) is 17.8 Å². The highest BCUT2D eigenvalue weighted by Gasteiger charge is 2.42. The second-order valence-electron chi connectivity index (χ2n) is 11.7. The van der Waals surface area contributed by atoms with Crippen LogP contribution >= 0.6 is 0 Å². The Morgan fingerprint density at radius 1 is 1.00 bits per heavy atom. The molecule has 3 saturated heterocycles. The molecule has 3 aliphatic heterocycles. The molecule has 3 aliphatic rings. The maximum atomic E-state index is 13.2. The third kappa shape index (κ3) is 6.16. The molecule has 5 rings (SSSR count). The predicted octanol–water partition coefficient (Wildman–Crippen LogP) is 3.75. The molecule has 39 heavy (non-hydrogen) atoms. The Kier molecular flexibility index (Phi) is 8.31. The number of para-hydroxylation sites is 1. The first kappa shape index (κ1) is 27.3. The highest BCUT2D eigenvalue weighted by atomic mass is 16.2. The Balaban J connectivity index is 1.10. The Hall–Kier alpha value is -3.26. The number of hydrogen-bond donors (Lipinski definition) is 1. The molecule has 2 aromatic rings. The van der Waals surface area contributed by atoms with Gasteiger partial charge in [0.15, 0.2) is 0 Å². The first-order chi connectivity index (χ1) is 18.8. The minimum Gasteiger partial charge on any atom is -0.340 e. The van der Waals surface area contributed by atoms with E-state index in [-0.39, 0.29) is 29.7 Å². The van der Waals surface area contributed by atoms with E-state index >= 15 is 0 Å². The van der Waals surface area contributed by atoms with E-state index in [1.165, 1.54) is 0 Å². The number of hydrogen-bond acceptors (Lipinski definition) is 5. The van der Waals surface area contributed by atoms with E-state index in [2.05, 4.69) is 15.2 Å². The summed E-state index contributed by atoms with van der Waals surface area (Å²) in [6.07, 6.45) is 5.09. The number of piperidine rings is 1. The Morgan fingerprint density at radius 2 is 1.72 bits per heavy atom. The van der Waals surface area contributed by atoms with Crippen molar-refractivity contribution >= 4 is 23.4 Å². The molecule has 0 bridgehead atoms. The molecule has 4 atom stereocenters.